The van der Waals surface area contributed by atoms with Crippen molar-refractivity contribution in [3.05, 3.63) is 22.8 Å². The molecule has 0 spiro atoms. The molecular formula is C13H20N4. The minimum absolute atomic E-state index is 0.341. The van der Waals surface area contributed by atoms with Crippen LogP contribution in [-0.4, -0.2) is 41.5 Å². The number of hydrogen-bond acceptors (Lipinski definition) is 4. The van der Waals surface area contributed by atoms with Gasteiger partial charge in [0.1, 0.15) is 5.82 Å². The molecule has 4 nitrogen and oxygen atoms in total. The largest absolute Gasteiger partial charge is 0.313 e. The molecular weight excluding hydrogens is 212 g/mol. The molecule has 0 radical (unpaired) electrons. The van der Waals surface area contributed by atoms with Gasteiger partial charge in [-0.15, -0.1) is 0 Å². The van der Waals surface area contributed by atoms with Crippen molar-refractivity contribution in [3.8, 4) is 0 Å². The fourth-order valence-electron chi connectivity index (χ4n) is 2.89. The third kappa shape index (κ3) is 1.96. The molecule has 0 saturated carbocycles. The summed E-state index contributed by atoms with van der Waals surface area (Å²) in [6.45, 7) is 5.24. The second kappa shape index (κ2) is 4.35. The van der Waals surface area contributed by atoms with Gasteiger partial charge in [0.2, 0.25) is 0 Å². The molecule has 1 aromatic heterocycles. The molecule has 1 saturated heterocycles. The Morgan fingerprint density at radius 1 is 1.29 bits per heavy atom. The van der Waals surface area contributed by atoms with Gasteiger partial charge in [0.15, 0.2) is 0 Å². The Labute approximate surface area is 102 Å². The average molecular weight is 232 g/mol. The number of nitrogens with one attached hydrogen (secondary N) is 1. The lowest BCUT2D eigenvalue weighted by atomic mass is 10.1. The zero-order valence-corrected chi connectivity index (χ0v) is 10.7. The van der Waals surface area contributed by atoms with Crippen molar-refractivity contribution in [3.63, 3.8) is 0 Å². The monoisotopic (exact) mass is 232 g/mol. The van der Waals surface area contributed by atoms with Gasteiger partial charge < -0.3 is 5.32 Å². The first-order chi connectivity index (χ1) is 8.25. The number of nitrogens with zero attached hydrogens (tertiary/aromatic N) is 3. The zero-order valence-electron chi connectivity index (χ0n) is 10.7. The summed E-state index contributed by atoms with van der Waals surface area (Å²) in [5, 5.41) is 3.43. The maximum atomic E-state index is 4.80. The van der Waals surface area contributed by atoms with Gasteiger partial charge in [0.25, 0.3) is 0 Å². The number of aryl methyl sites for hydroxylation is 2. The van der Waals surface area contributed by atoms with Crippen LogP contribution in [0.3, 0.4) is 0 Å². The molecule has 4 heteroatoms. The van der Waals surface area contributed by atoms with Crippen molar-refractivity contribution in [1.29, 1.82) is 0 Å². The van der Waals surface area contributed by atoms with Gasteiger partial charge >= 0.3 is 0 Å². The lowest BCUT2D eigenvalue weighted by Gasteiger charge is -2.32. The van der Waals surface area contributed by atoms with Gasteiger partial charge in [0.05, 0.1) is 6.04 Å². The zero-order chi connectivity index (χ0) is 11.8. The van der Waals surface area contributed by atoms with Crippen molar-refractivity contribution in [1.82, 2.24) is 20.2 Å². The lowest BCUT2D eigenvalue weighted by Crippen LogP contribution is -2.44. The topological polar surface area (TPSA) is 41.1 Å². The number of hydrogen-bond donors (Lipinski definition) is 1. The van der Waals surface area contributed by atoms with Gasteiger partial charge in [-0.2, -0.15) is 0 Å². The van der Waals surface area contributed by atoms with E-state index in [4.69, 9.17) is 9.97 Å². The van der Waals surface area contributed by atoms with Crippen LogP contribution < -0.4 is 5.32 Å². The van der Waals surface area contributed by atoms with Gasteiger partial charge in [0, 0.05) is 31.0 Å². The predicted octanol–water partition coefficient (Wildman–Crippen LogP) is 0.850. The van der Waals surface area contributed by atoms with Crippen LogP contribution in [0.15, 0.2) is 0 Å². The van der Waals surface area contributed by atoms with Crippen LogP contribution in [0.5, 0.6) is 0 Å². The molecule has 1 atom stereocenters. The first-order valence-electron chi connectivity index (χ1n) is 6.53. The van der Waals surface area contributed by atoms with Gasteiger partial charge in [-0.3, -0.25) is 4.90 Å². The minimum atomic E-state index is 0.341. The van der Waals surface area contributed by atoms with Crippen LogP contribution in [0.2, 0.25) is 0 Å². The molecule has 1 aliphatic heterocycles. The van der Waals surface area contributed by atoms with Crippen molar-refractivity contribution in [2.24, 2.45) is 0 Å². The number of piperazine rings is 1. The molecule has 3 rings (SSSR count). The van der Waals surface area contributed by atoms with Crippen molar-refractivity contribution in [2.45, 2.75) is 32.2 Å². The third-order valence-electron chi connectivity index (χ3n) is 3.97. The van der Waals surface area contributed by atoms with E-state index in [-0.39, 0.29) is 0 Å². The molecule has 17 heavy (non-hydrogen) atoms. The summed E-state index contributed by atoms with van der Waals surface area (Å²) >= 11 is 0. The van der Waals surface area contributed by atoms with Crippen molar-refractivity contribution in [2.75, 3.05) is 26.7 Å². The summed E-state index contributed by atoms with van der Waals surface area (Å²) in [6.07, 6.45) is 3.54. The SMILES string of the molecule is Cc1nc(C2CNCCN2C)nc2c1CCC2. The molecule has 2 aliphatic rings. The Morgan fingerprint density at radius 2 is 2.18 bits per heavy atom. The number of aromatic nitrogens is 2. The molecule has 0 amide bonds. The van der Waals surface area contributed by atoms with Gasteiger partial charge in [-0.05, 0) is 38.8 Å². The highest BCUT2D eigenvalue weighted by Gasteiger charge is 2.25. The van der Waals surface area contributed by atoms with Crippen molar-refractivity contribution < 1.29 is 0 Å². The van der Waals surface area contributed by atoms with Gasteiger partial charge in [-0.25, -0.2) is 9.97 Å². The smallest absolute Gasteiger partial charge is 0.147 e. The summed E-state index contributed by atoms with van der Waals surface area (Å²) in [6, 6.07) is 0.341. The summed E-state index contributed by atoms with van der Waals surface area (Å²) < 4.78 is 0. The molecule has 92 valence electrons. The minimum Gasteiger partial charge on any atom is -0.313 e. The summed E-state index contributed by atoms with van der Waals surface area (Å²) in [5.41, 5.74) is 3.90. The predicted molar refractivity (Wildman–Crippen MR) is 67.0 cm³/mol. The maximum absolute atomic E-state index is 4.80. The van der Waals surface area contributed by atoms with E-state index >= 15 is 0 Å². The molecule has 0 aromatic carbocycles. The molecule has 1 fully saturated rings. The number of rotatable bonds is 1. The van der Waals surface area contributed by atoms with Crippen LogP contribution in [0.1, 0.15) is 35.2 Å². The van der Waals surface area contributed by atoms with E-state index in [2.05, 4.69) is 24.2 Å². The van der Waals surface area contributed by atoms with E-state index in [0.29, 0.717) is 6.04 Å². The molecule has 0 bridgehead atoms. The van der Waals surface area contributed by atoms with E-state index in [9.17, 15) is 0 Å². The van der Waals surface area contributed by atoms with Crippen LogP contribution in [-0.2, 0) is 12.8 Å². The van der Waals surface area contributed by atoms with E-state index in [0.717, 1.165) is 31.9 Å². The van der Waals surface area contributed by atoms with E-state index < -0.39 is 0 Å². The Bertz CT molecular complexity index is 430. The van der Waals surface area contributed by atoms with Crippen LogP contribution >= 0.6 is 0 Å². The average Bonchev–Trinajstić information content (AvgIpc) is 2.78. The highest BCUT2D eigenvalue weighted by atomic mass is 15.2. The lowest BCUT2D eigenvalue weighted by molar-refractivity contribution is 0.193. The molecule has 1 N–H and O–H groups in total. The molecule has 2 heterocycles. The van der Waals surface area contributed by atoms with Gasteiger partial charge in [-0.1, -0.05) is 0 Å². The molecule has 1 aromatic rings. The maximum Gasteiger partial charge on any atom is 0.147 e. The molecule has 1 aliphatic carbocycles. The Balaban J connectivity index is 1.95. The van der Waals surface area contributed by atoms with Crippen LogP contribution in [0.4, 0.5) is 0 Å². The first kappa shape index (κ1) is 11.1. The molecule has 1 unspecified atom stereocenters. The fraction of sp³-hybridized carbons (Fsp3) is 0.692. The summed E-state index contributed by atoms with van der Waals surface area (Å²) in [4.78, 5) is 11.9. The second-order valence-corrected chi connectivity index (χ2v) is 5.15. The number of likely N-dealkylation sites (N-methyl/N-ethyl adjacent to an activating group) is 1. The second-order valence-electron chi connectivity index (χ2n) is 5.15. The Morgan fingerprint density at radius 3 is 3.00 bits per heavy atom. The third-order valence-corrected chi connectivity index (χ3v) is 3.97. The fourth-order valence-corrected chi connectivity index (χ4v) is 2.89. The standard InChI is InChI=1S/C13H20N4/c1-9-10-4-3-5-11(10)16-13(15-9)12-8-14-6-7-17(12)2/h12,14H,3-8H2,1-2H3. The van der Waals surface area contributed by atoms with Crippen LogP contribution in [0, 0.1) is 6.92 Å². The Hall–Kier alpha value is -1.00. The van der Waals surface area contributed by atoms with E-state index in [1.54, 1.807) is 0 Å². The quantitative estimate of drug-likeness (QED) is 0.779. The highest BCUT2D eigenvalue weighted by Crippen LogP contribution is 2.25. The van der Waals surface area contributed by atoms with Crippen molar-refractivity contribution >= 4 is 0 Å². The Kier molecular flexibility index (Phi) is 2.84. The van der Waals surface area contributed by atoms with E-state index in [1.165, 1.54) is 29.8 Å². The summed E-state index contributed by atoms with van der Waals surface area (Å²) in [5.74, 6) is 1.01. The normalized spacial score (nSPS) is 24.9. The highest BCUT2D eigenvalue weighted by molar-refractivity contribution is 5.29. The first-order valence-corrected chi connectivity index (χ1v) is 6.53. The number of fused-ring (bicyclic) bond motifs is 1. The van der Waals surface area contributed by atoms with E-state index in [1.807, 2.05) is 0 Å². The van der Waals surface area contributed by atoms with Crippen LogP contribution in [0.25, 0.3) is 0 Å². The summed E-state index contributed by atoms with van der Waals surface area (Å²) in [7, 11) is 2.16.